The predicted octanol–water partition coefficient (Wildman–Crippen LogP) is 7.38. The van der Waals surface area contributed by atoms with E-state index in [1.807, 2.05) is 48.9 Å². The normalized spacial score (nSPS) is 14.4. The van der Waals surface area contributed by atoms with Gasteiger partial charge in [-0.25, -0.2) is 18.7 Å². The number of carbonyl (C=O) groups excluding carboxylic acids is 3. The summed E-state index contributed by atoms with van der Waals surface area (Å²) in [4.78, 5) is 53.8. The molecule has 58 heavy (non-hydrogen) atoms. The fraction of sp³-hybridized carbons (Fsp3) is 0.286. The molecule has 3 aromatic heterocycles. The summed E-state index contributed by atoms with van der Waals surface area (Å²) in [5, 5.41) is 9.12. The summed E-state index contributed by atoms with van der Waals surface area (Å²) in [5.74, 6) is -0.862. The second kappa shape index (κ2) is 20.7. The van der Waals surface area contributed by atoms with Gasteiger partial charge in [0.25, 0.3) is 17.7 Å². The molecule has 0 saturated carbocycles. The van der Waals surface area contributed by atoms with Crippen molar-refractivity contribution in [2.24, 2.45) is 0 Å². The lowest BCUT2D eigenvalue weighted by molar-refractivity contribution is 0.0697. The second-order valence-electron chi connectivity index (χ2n) is 13.3. The van der Waals surface area contributed by atoms with Crippen molar-refractivity contribution in [3.05, 3.63) is 126 Å². The summed E-state index contributed by atoms with van der Waals surface area (Å²) < 4.78 is 39.1. The van der Waals surface area contributed by atoms with Crippen LogP contribution in [0.1, 0.15) is 56.8 Å². The molecule has 2 saturated heterocycles. The Morgan fingerprint density at radius 3 is 1.67 bits per heavy atom. The van der Waals surface area contributed by atoms with Gasteiger partial charge in [0.05, 0.1) is 12.4 Å². The van der Waals surface area contributed by atoms with Gasteiger partial charge in [-0.3, -0.25) is 19.4 Å². The van der Waals surface area contributed by atoms with E-state index in [9.17, 15) is 23.2 Å². The van der Waals surface area contributed by atoms with Crippen molar-refractivity contribution >= 4 is 41.2 Å². The van der Waals surface area contributed by atoms with E-state index in [0.717, 1.165) is 60.2 Å². The Morgan fingerprint density at radius 1 is 0.707 bits per heavy atom. The Kier molecular flexibility index (Phi) is 15.0. The van der Waals surface area contributed by atoms with Crippen molar-refractivity contribution in [2.75, 3.05) is 38.7 Å². The highest BCUT2D eigenvalue weighted by Gasteiger charge is 2.27. The molecule has 0 atom stereocenters. The molecule has 12 nitrogen and oxygen atoms in total. The number of halogens is 2. The van der Waals surface area contributed by atoms with Crippen LogP contribution in [0.3, 0.4) is 0 Å². The van der Waals surface area contributed by atoms with Crippen LogP contribution < -0.4 is 25.4 Å². The number of carbonyl (C=O) groups is 3. The zero-order valence-electron chi connectivity index (χ0n) is 32.0. The summed E-state index contributed by atoms with van der Waals surface area (Å²) in [5.41, 5.74) is 0.721. The highest BCUT2D eigenvalue weighted by atomic mass is 32.2. The molecule has 0 spiro atoms. The number of piperidine rings is 2. The number of nitrogens with one attached hydrogen (secondary N) is 3. The monoisotopic (exact) mass is 827 g/mol. The van der Waals surface area contributed by atoms with Crippen LogP contribution in [0.5, 0.6) is 23.3 Å². The van der Waals surface area contributed by atoms with Crippen molar-refractivity contribution in [3.63, 3.8) is 0 Å². The molecule has 0 bridgehead atoms. The van der Waals surface area contributed by atoms with Crippen LogP contribution in [0.4, 0.5) is 8.78 Å². The van der Waals surface area contributed by atoms with E-state index in [1.54, 1.807) is 65.1 Å². The van der Waals surface area contributed by atoms with Crippen LogP contribution >= 0.6 is 23.5 Å². The topological polar surface area (TPSA) is 148 Å². The van der Waals surface area contributed by atoms with E-state index >= 15 is 0 Å². The number of ether oxygens (including phenoxy) is 2. The van der Waals surface area contributed by atoms with Gasteiger partial charge in [-0.05, 0) is 112 Å². The minimum atomic E-state index is -0.622. The Labute approximate surface area is 343 Å². The van der Waals surface area contributed by atoms with E-state index in [-0.39, 0.29) is 46.8 Å². The fourth-order valence-electron chi connectivity index (χ4n) is 6.29. The van der Waals surface area contributed by atoms with Crippen molar-refractivity contribution < 1.29 is 32.6 Å². The van der Waals surface area contributed by atoms with Crippen molar-refractivity contribution in [1.82, 2.24) is 35.8 Å². The Balaban J connectivity index is 0.000000203. The molecule has 16 heteroatoms. The van der Waals surface area contributed by atoms with Gasteiger partial charge in [-0.1, -0.05) is 12.1 Å². The second-order valence-corrected chi connectivity index (χ2v) is 15.1. The van der Waals surface area contributed by atoms with Gasteiger partial charge in [-0.2, -0.15) is 0 Å². The number of pyridine rings is 3. The SMILES string of the molecule is CSc1cccc(Oc2ncc(F)cc2C(=O)NC2CCN(C(=O)c3ccncc3)CC2)c1.CSc1cccc(Oc2ncc(F)cc2C(=O)NC2CCNCC2)c1. The van der Waals surface area contributed by atoms with Crippen LogP contribution in [0.15, 0.2) is 107 Å². The quantitative estimate of drug-likeness (QED) is 0.115. The minimum absolute atomic E-state index is 0.0276. The maximum absolute atomic E-state index is 13.9. The Morgan fingerprint density at radius 2 is 1.19 bits per heavy atom. The first-order chi connectivity index (χ1) is 28.2. The van der Waals surface area contributed by atoms with E-state index in [0.29, 0.717) is 43.0 Å². The van der Waals surface area contributed by atoms with Crippen molar-refractivity contribution in [2.45, 2.75) is 47.6 Å². The zero-order valence-corrected chi connectivity index (χ0v) is 33.6. The van der Waals surface area contributed by atoms with Crippen molar-refractivity contribution in [3.8, 4) is 23.3 Å². The van der Waals surface area contributed by atoms with E-state index < -0.39 is 17.5 Å². The average Bonchev–Trinajstić information content (AvgIpc) is 3.26. The van der Waals surface area contributed by atoms with Crippen LogP contribution in [-0.4, -0.2) is 88.3 Å². The first-order valence-electron chi connectivity index (χ1n) is 18.7. The molecule has 5 aromatic rings. The van der Waals surface area contributed by atoms with Crippen molar-refractivity contribution in [1.29, 1.82) is 0 Å². The third-order valence-electron chi connectivity index (χ3n) is 9.36. The summed E-state index contributed by atoms with van der Waals surface area (Å²) in [6, 6.07) is 20.4. The van der Waals surface area contributed by atoms with Crippen LogP contribution in [0.25, 0.3) is 0 Å². The number of nitrogens with zero attached hydrogens (tertiary/aromatic N) is 4. The van der Waals surface area contributed by atoms with Crippen LogP contribution in [0, 0.1) is 11.6 Å². The van der Waals surface area contributed by atoms with Crippen LogP contribution in [0.2, 0.25) is 0 Å². The summed E-state index contributed by atoms with van der Waals surface area (Å²) in [7, 11) is 0. The maximum atomic E-state index is 13.9. The lowest BCUT2D eigenvalue weighted by Gasteiger charge is -2.32. The van der Waals surface area contributed by atoms with E-state index in [2.05, 4.69) is 30.9 Å². The number of benzene rings is 2. The van der Waals surface area contributed by atoms with Gasteiger partial charge in [0.15, 0.2) is 0 Å². The largest absolute Gasteiger partial charge is 0.438 e. The first-order valence-corrected chi connectivity index (χ1v) is 21.1. The molecule has 7 rings (SSSR count). The molecular formula is C42H43F2N7O5S2. The number of likely N-dealkylation sites (tertiary alicyclic amines) is 1. The smallest absolute Gasteiger partial charge is 0.257 e. The van der Waals surface area contributed by atoms with E-state index in [4.69, 9.17) is 9.47 Å². The molecule has 2 fully saturated rings. The number of aromatic nitrogens is 3. The molecule has 2 aromatic carbocycles. The third kappa shape index (κ3) is 11.7. The van der Waals surface area contributed by atoms with Gasteiger partial charge in [0, 0.05) is 52.9 Å². The summed E-state index contributed by atoms with van der Waals surface area (Å²) in [6.07, 6.45) is 12.0. The average molecular weight is 828 g/mol. The van der Waals surface area contributed by atoms with Gasteiger partial charge >= 0.3 is 0 Å². The molecule has 0 radical (unpaired) electrons. The van der Waals surface area contributed by atoms with Crippen LogP contribution in [-0.2, 0) is 0 Å². The number of amides is 3. The van der Waals surface area contributed by atoms with Gasteiger partial charge in [0.1, 0.15) is 34.3 Å². The van der Waals surface area contributed by atoms with E-state index in [1.165, 1.54) is 0 Å². The molecule has 0 aliphatic carbocycles. The first kappa shape index (κ1) is 42.0. The minimum Gasteiger partial charge on any atom is -0.438 e. The van der Waals surface area contributed by atoms with Gasteiger partial charge in [-0.15, -0.1) is 23.5 Å². The standard InChI is InChI=1S/C24H23FN4O3S.C18H20FN3O2S/c1-33-20-4-2-3-19(14-20)32-23-21(13-17(25)15-27-23)22(30)28-18-7-11-29(12-8-18)24(31)16-5-9-26-10-6-16;1-25-15-4-2-3-14(10-15)24-18-16(9-12(19)11-21-18)17(23)22-13-5-7-20-8-6-13/h2-6,9-10,13-15,18H,7-8,11-12H2,1H3,(H,28,30);2-4,9-11,13,20H,5-8H2,1H3,(H,22,23). The molecule has 2 aliphatic rings. The summed E-state index contributed by atoms with van der Waals surface area (Å²) in [6.45, 7) is 2.74. The highest BCUT2D eigenvalue weighted by molar-refractivity contribution is 7.98. The molecular weight excluding hydrogens is 785 g/mol. The molecule has 0 unspecified atom stereocenters. The molecule has 302 valence electrons. The molecule has 3 N–H and O–H groups in total. The molecule has 2 aliphatic heterocycles. The zero-order chi connectivity index (χ0) is 40.9. The summed E-state index contributed by atoms with van der Waals surface area (Å²) >= 11 is 3.14. The van der Waals surface area contributed by atoms with Gasteiger partial charge in [0.2, 0.25) is 11.8 Å². The lowest BCUT2D eigenvalue weighted by atomic mass is 10.0. The Hall–Kier alpha value is -5.58. The van der Waals surface area contributed by atoms with Gasteiger partial charge < -0.3 is 30.3 Å². The maximum Gasteiger partial charge on any atom is 0.257 e. The highest BCUT2D eigenvalue weighted by Crippen LogP contribution is 2.29. The predicted molar refractivity (Wildman–Crippen MR) is 219 cm³/mol. The number of hydrogen-bond acceptors (Lipinski definition) is 11. The number of rotatable bonds is 11. The molecule has 3 amide bonds. The molecule has 5 heterocycles. The number of thioether (sulfide) groups is 2. The lowest BCUT2D eigenvalue weighted by Crippen LogP contribution is -2.46. The number of hydrogen-bond donors (Lipinski definition) is 3. The fourth-order valence-corrected chi connectivity index (χ4v) is 7.19. The Bertz CT molecular complexity index is 2190. The third-order valence-corrected chi connectivity index (χ3v) is 10.8.